The van der Waals surface area contributed by atoms with Crippen molar-refractivity contribution in [2.24, 2.45) is 0 Å². The molecule has 0 N–H and O–H groups in total. The van der Waals surface area contributed by atoms with Gasteiger partial charge in [0.05, 0.1) is 0 Å². The lowest BCUT2D eigenvalue weighted by atomic mass is 9.97. The number of hydrogen-bond acceptors (Lipinski definition) is 1. The Balaban J connectivity index is 2.52. The van der Waals surface area contributed by atoms with E-state index in [1.165, 1.54) is 0 Å². The summed E-state index contributed by atoms with van der Waals surface area (Å²) in [6.45, 7) is 1.98. The molecule has 17 heavy (non-hydrogen) atoms. The van der Waals surface area contributed by atoms with Crippen LogP contribution in [0.25, 0.3) is 11.1 Å². The zero-order valence-electron chi connectivity index (χ0n) is 9.76. The van der Waals surface area contributed by atoms with E-state index in [2.05, 4.69) is 0 Å². The number of carbonyl (C=O) groups excluding carboxylic acids is 1. The van der Waals surface area contributed by atoms with E-state index in [1.54, 1.807) is 0 Å². The van der Waals surface area contributed by atoms with E-state index < -0.39 is 0 Å². The maximum atomic E-state index is 11.3. The van der Waals surface area contributed by atoms with Gasteiger partial charge in [0.25, 0.3) is 0 Å². The molecular formula is C16H14O. The minimum absolute atomic E-state index is 0.747. The molecular weight excluding hydrogens is 208 g/mol. The summed E-state index contributed by atoms with van der Waals surface area (Å²) in [6.07, 6.45) is 0.928. The van der Waals surface area contributed by atoms with Gasteiger partial charge >= 0.3 is 0 Å². The number of carbonyl (C=O) groups is 1. The molecule has 0 unspecified atom stereocenters. The molecule has 1 heteroatoms. The first-order chi connectivity index (χ1) is 8.33. The van der Waals surface area contributed by atoms with Crippen molar-refractivity contribution in [3.63, 3.8) is 0 Å². The molecule has 0 bridgehead atoms. The van der Waals surface area contributed by atoms with Crippen LogP contribution in [-0.2, 0) is 4.79 Å². The molecule has 2 aromatic carbocycles. The predicted molar refractivity (Wildman–Crippen MR) is 71.4 cm³/mol. The quantitative estimate of drug-likeness (QED) is 0.438. The molecule has 0 spiro atoms. The molecule has 0 fully saturated rings. The molecule has 2 rings (SSSR count). The van der Waals surface area contributed by atoms with E-state index in [-0.39, 0.29) is 0 Å². The van der Waals surface area contributed by atoms with Crippen LogP contribution in [0.1, 0.15) is 18.1 Å². The average Bonchev–Trinajstić information content (AvgIpc) is 2.42. The first-order valence-electron chi connectivity index (χ1n) is 5.60. The lowest BCUT2D eigenvalue weighted by Crippen LogP contribution is -1.90. The molecule has 0 aliphatic heterocycles. The van der Waals surface area contributed by atoms with Gasteiger partial charge in [0, 0.05) is 5.57 Å². The smallest absolute Gasteiger partial charge is 0.150 e. The van der Waals surface area contributed by atoms with E-state index in [9.17, 15) is 4.79 Å². The average molecular weight is 222 g/mol. The monoisotopic (exact) mass is 222 g/mol. The second-order valence-electron chi connectivity index (χ2n) is 3.89. The Hall–Kier alpha value is -2.15. The van der Waals surface area contributed by atoms with E-state index >= 15 is 0 Å². The molecule has 0 radical (unpaired) electrons. The highest BCUT2D eigenvalue weighted by Gasteiger charge is 2.05. The second kappa shape index (κ2) is 5.26. The first-order valence-corrected chi connectivity index (χ1v) is 5.60. The van der Waals surface area contributed by atoms with Crippen molar-refractivity contribution < 1.29 is 4.79 Å². The molecule has 0 aliphatic carbocycles. The number of benzene rings is 2. The van der Waals surface area contributed by atoms with Crippen LogP contribution in [0, 0.1) is 0 Å². The number of rotatable bonds is 3. The predicted octanol–water partition coefficient (Wildman–Crippen LogP) is 3.82. The SMILES string of the molecule is C/C(=C(/C=O)c1ccccc1)c1ccccc1. The summed E-state index contributed by atoms with van der Waals surface area (Å²) in [5.41, 5.74) is 3.80. The Kier molecular flexibility index (Phi) is 3.51. The lowest BCUT2D eigenvalue weighted by molar-refractivity contribution is -0.103. The zero-order chi connectivity index (χ0) is 12.1. The van der Waals surface area contributed by atoms with Crippen LogP contribution in [0.5, 0.6) is 0 Å². The molecule has 0 aromatic heterocycles. The van der Waals surface area contributed by atoms with Crippen molar-refractivity contribution in [2.45, 2.75) is 6.92 Å². The fourth-order valence-electron chi connectivity index (χ4n) is 1.83. The van der Waals surface area contributed by atoms with Gasteiger partial charge in [-0.05, 0) is 23.6 Å². The van der Waals surface area contributed by atoms with Crippen LogP contribution in [-0.4, -0.2) is 6.29 Å². The summed E-state index contributed by atoms with van der Waals surface area (Å²) in [6, 6.07) is 19.7. The summed E-state index contributed by atoms with van der Waals surface area (Å²) in [5.74, 6) is 0. The maximum absolute atomic E-state index is 11.3. The third kappa shape index (κ3) is 2.51. The van der Waals surface area contributed by atoms with Crippen LogP contribution in [0.4, 0.5) is 0 Å². The Morgan fingerprint density at radius 3 is 1.76 bits per heavy atom. The van der Waals surface area contributed by atoms with Gasteiger partial charge < -0.3 is 0 Å². The van der Waals surface area contributed by atoms with Crippen LogP contribution in [0.3, 0.4) is 0 Å². The highest BCUT2D eigenvalue weighted by Crippen LogP contribution is 2.23. The fourth-order valence-corrected chi connectivity index (χ4v) is 1.83. The van der Waals surface area contributed by atoms with E-state index in [0.717, 1.165) is 28.6 Å². The Labute approximate surface area is 101 Å². The minimum atomic E-state index is 0.747. The Morgan fingerprint density at radius 2 is 1.29 bits per heavy atom. The van der Waals surface area contributed by atoms with Gasteiger partial charge in [-0.2, -0.15) is 0 Å². The standard InChI is InChI=1S/C16H14O/c1-13(14-8-4-2-5-9-14)16(12-17)15-10-6-3-7-11-15/h2-12H,1H3/b16-13+. The summed E-state index contributed by atoms with van der Waals surface area (Å²) in [5, 5.41) is 0. The van der Waals surface area contributed by atoms with E-state index in [0.29, 0.717) is 0 Å². The summed E-state index contributed by atoms with van der Waals surface area (Å²) in [4.78, 5) is 11.3. The van der Waals surface area contributed by atoms with Gasteiger partial charge in [-0.1, -0.05) is 60.7 Å². The molecule has 0 saturated heterocycles. The topological polar surface area (TPSA) is 17.1 Å². The summed E-state index contributed by atoms with van der Waals surface area (Å²) >= 11 is 0. The normalized spacial score (nSPS) is 11.8. The van der Waals surface area contributed by atoms with Gasteiger partial charge in [-0.25, -0.2) is 0 Å². The van der Waals surface area contributed by atoms with Gasteiger partial charge in [0.2, 0.25) is 0 Å². The molecule has 0 heterocycles. The van der Waals surface area contributed by atoms with Crippen molar-refractivity contribution in [3.8, 4) is 0 Å². The Morgan fingerprint density at radius 1 is 0.824 bits per heavy atom. The number of allylic oxidation sites excluding steroid dienone is 2. The zero-order valence-corrected chi connectivity index (χ0v) is 9.76. The number of hydrogen-bond donors (Lipinski definition) is 0. The van der Waals surface area contributed by atoms with Crippen molar-refractivity contribution in [1.82, 2.24) is 0 Å². The lowest BCUT2D eigenvalue weighted by Gasteiger charge is -2.07. The molecule has 1 nitrogen and oxygen atoms in total. The summed E-state index contributed by atoms with van der Waals surface area (Å²) in [7, 11) is 0. The van der Waals surface area contributed by atoms with Gasteiger partial charge in [0.15, 0.2) is 6.29 Å². The van der Waals surface area contributed by atoms with Crippen LogP contribution < -0.4 is 0 Å². The molecule has 0 saturated carbocycles. The largest absolute Gasteiger partial charge is 0.298 e. The fraction of sp³-hybridized carbons (Fsp3) is 0.0625. The van der Waals surface area contributed by atoms with E-state index in [1.807, 2.05) is 67.6 Å². The second-order valence-corrected chi connectivity index (χ2v) is 3.89. The van der Waals surface area contributed by atoms with Gasteiger partial charge in [-0.15, -0.1) is 0 Å². The van der Waals surface area contributed by atoms with Gasteiger partial charge in [-0.3, -0.25) is 4.79 Å². The molecule has 0 aliphatic rings. The molecule has 0 amide bonds. The first kappa shape index (κ1) is 11.3. The highest BCUT2D eigenvalue weighted by molar-refractivity contribution is 6.16. The van der Waals surface area contributed by atoms with Crippen LogP contribution >= 0.6 is 0 Å². The third-order valence-corrected chi connectivity index (χ3v) is 2.81. The molecule has 0 atom stereocenters. The van der Waals surface area contributed by atoms with Crippen molar-refractivity contribution in [1.29, 1.82) is 0 Å². The summed E-state index contributed by atoms with van der Waals surface area (Å²) < 4.78 is 0. The Bertz CT molecular complexity index is 524. The third-order valence-electron chi connectivity index (χ3n) is 2.81. The molecule has 84 valence electrons. The van der Waals surface area contributed by atoms with Gasteiger partial charge in [0.1, 0.15) is 0 Å². The highest BCUT2D eigenvalue weighted by atomic mass is 16.1. The molecule has 2 aromatic rings. The minimum Gasteiger partial charge on any atom is -0.298 e. The van der Waals surface area contributed by atoms with Crippen molar-refractivity contribution in [3.05, 3.63) is 71.8 Å². The maximum Gasteiger partial charge on any atom is 0.150 e. The van der Waals surface area contributed by atoms with E-state index in [4.69, 9.17) is 0 Å². The van der Waals surface area contributed by atoms with Crippen molar-refractivity contribution >= 4 is 17.4 Å². The van der Waals surface area contributed by atoms with Crippen LogP contribution in [0.2, 0.25) is 0 Å². The number of aldehydes is 1. The van der Waals surface area contributed by atoms with Crippen molar-refractivity contribution in [2.75, 3.05) is 0 Å². The van der Waals surface area contributed by atoms with Crippen LogP contribution in [0.15, 0.2) is 60.7 Å².